The number of rotatable bonds is 3. The van der Waals surface area contributed by atoms with Crippen molar-refractivity contribution in [2.24, 2.45) is 0 Å². The highest BCUT2D eigenvalue weighted by molar-refractivity contribution is 7.10. The molecular formula is C23H17N3O2S. The number of nitrogens with zero attached hydrogens (tertiary/aromatic N) is 2. The SMILES string of the molecule is Cc1cccc2c(=O)n(CC(=O)Nc3cccc(C#Cc4cccs4)c3)cnc12. The molecule has 2 aromatic carbocycles. The van der Waals surface area contributed by atoms with E-state index < -0.39 is 0 Å². The summed E-state index contributed by atoms with van der Waals surface area (Å²) in [7, 11) is 0. The van der Waals surface area contributed by atoms with E-state index in [2.05, 4.69) is 22.1 Å². The highest BCUT2D eigenvalue weighted by Crippen LogP contribution is 2.13. The lowest BCUT2D eigenvalue weighted by Gasteiger charge is -2.09. The smallest absolute Gasteiger partial charge is 0.261 e. The summed E-state index contributed by atoms with van der Waals surface area (Å²) in [5, 5.41) is 5.30. The lowest BCUT2D eigenvalue weighted by atomic mass is 10.1. The number of aromatic nitrogens is 2. The molecule has 0 saturated carbocycles. The van der Waals surface area contributed by atoms with Gasteiger partial charge in [0, 0.05) is 11.3 Å². The van der Waals surface area contributed by atoms with Crippen LogP contribution in [0.15, 0.2) is 71.1 Å². The van der Waals surface area contributed by atoms with Gasteiger partial charge in [-0.25, -0.2) is 4.98 Å². The summed E-state index contributed by atoms with van der Waals surface area (Å²) in [4.78, 5) is 30.4. The zero-order chi connectivity index (χ0) is 20.2. The number of nitrogens with one attached hydrogen (secondary N) is 1. The number of hydrogen-bond acceptors (Lipinski definition) is 4. The van der Waals surface area contributed by atoms with E-state index in [9.17, 15) is 9.59 Å². The zero-order valence-corrected chi connectivity index (χ0v) is 16.5. The highest BCUT2D eigenvalue weighted by Gasteiger charge is 2.09. The van der Waals surface area contributed by atoms with Crippen LogP contribution in [-0.4, -0.2) is 15.5 Å². The predicted octanol–water partition coefficient (Wildman–Crippen LogP) is 3.80. The van der Waals surface area contributed by atoms with Crippen LogP contribution in [0, 0.1) is 18.8 Å². The largest absolute Gasteiger partial charge is 0.324 e. The third-order valence-corrected chi connectivity index (χ3v) is 5.15. The molecule has 2 aromatic heterocycles. The van der Waals surface area contributed by atoms with Crippen molar-refractivity contribution >= 4 is 33.8 Å². The van der Waals surface area contributed by atoms with Crippen molar-refractivity contribution in [3.05, 3.63) is 92.7 Å². The average molecular weight is 399 g/mol. The van der Waals surface area contributed by atoms with E-state index in [1.54, 1.807) is 23.5 Å². The van der Waals surface area contributed by atoms with Gasteiger partial charge in [-0.1, -0.05) is 36.1 Å². The minimum absolute atomic E-state index is 0.110. The second-order valence-corrected chi connectivity index (χ2v) is 7.45. The minimum Gasteiger partial charge on any atom is -0.324 e. The van der Waals surface area contributed by atoms with Gasteiger partial charge in [0.25, 0.3) is 5.56 Å². The van der Waals surface area contributed by atoms with Crippen molar-refractivity contribution in [1.82, 2.24) is 9.55 Å². The van der Waals surface area contributed by atoms with Gasteiger partial charge >= 0.3 is 0 Å². The molecule has 0 bridgehead atoms. The van der Waals surface area contributed by atoms with Gasteiger partial charge in [-0.3, -0.25) is 14.2 Å². The summed E-state index contributed by atoms with van der Waals surface area (Å²) in [6, 6.07) is 16.7. The van der Waals surface area contributed by atoms with E-state index in [0.29, 0.717) is 16.6 Å². The van der Waals surface area contributed by atoms with Gasteiger partial charge in [-0.15, -0.1) is 11.3 Å². The Balaban J connectivity index is 1.50. The van der Waals surface area contributed by atoms with Crippen molar-refractivity contribution in [3.63, 3.8) is 0 Å². The Kier molecular flexibility index (Phi) is 5.23. The molecule has 6 heteroatoms. The molecule has 0 aliphatic rings. The van der Waals surface area contributed by atoms with Crippen molar-refractivity contribution in [3.8, 4) is 11.8 Å². The van der Waals surface area contributed by atoms with Gasteiger partial charge in [-0.05, 0) is 48.2 Å². The van der Waals surface area contributed by atoms with Gasteiger partial charge < -0.3 is 5.32 Å². The van der Waals surface area contributed by atoms with Crippen LogP contribution in [0.5, 0.6) is 0 Å². The molecule has 4 aromatic rings. The molecule has 1 N–H and O–H groups in total. The fourth-order valence-corrected chi connectivity index (χ4v) is 3.53. The molecule has 0 spiro atoms. The Morgan fingerprint density at radius 1 is 1.14 bits per heavy atom. The highest BCUT2D eigenvalue weighted by atomic mass is 32.1. The van der Waals surface area contributed by atoms with E-state index in [4.69, 9.17) is 0 Å². The van der Waals surface area contributed by atoms with Crippen molar-refractivity contribution in [1.29, 1.82) is 0 Å². The number of aryl methyl sites for hydroxylation is 1. The molecule has 0 saturated heterocycles. The van der Waals surface area contributed by atoms with E-state index >= 15 is 0 Å². The van der Waals surface area contributed by atoms with Crippen LogP contribution in [0.4, 0.5) is 5.69 Å². The second-order valence-electron chi connectivity index (χ2n) is 6.50. The summed E-state index contributed by atoms with van der Waals surface area (Å²) >= 11 is 1.58. The molecule has 0 aliphatic heterocycles. The maximum atomic E-state index is 12.6. The van der Waals surface area contributed by atoms with E-state index in [1.165, 1.54) is 10.9 Å². The van der Waals surface area contributed by atoms with Gasteiger partial charge in [0.2, 0.25) is 5.91 Å². The lowest BCUT2D eigenvalue weighted by molar-refractivity contribution is -0.116. The van der Waals surface area contributed by atoms with Crippen molar-refractivity contribution in [2.45, 2.75) is 13.5 Å². The third-order valence-electron chi connectivity index (χ3n) is 4.37. The molecule has 4 rings (SSSR count). The Hall–Kier alpha value is -3.69. The summed E-state index contributed by atoms with van der Waals surface area (Å²) < 4.78 is 1.32. The number of para-hydroxylation sites is 1. The normalized spacial score (nSPS) is 10.4. The molecule has 142 valence electrons. The summed E-state index contributed by atoms with van der Waals surface area (Å²) in [6.07, 6.45) is 1.42. The molecule has 0 fully saturated rings. The molecular weight excluding hydrogens is 382 g/mol. The molecule has 29 heavy (non-hydrogen) atoms. The van der Waals surface area contributed by atoms with E-state index in [1.807, 2.05) is 54.8 Å². The molecule has 1 amide bonds. The summed E-state index contributed by atoms with van der Waals surface area (Å²) in [5.41, 5.74) is 2.79. The molecule has 0 atom stereocenters. The molecule has 0 radical (unpaired) electrons. The number of amides is 1. The molecule has 0 aliphatic carbocycles. The standard InChI is InChI=1S/C23H17N3O2S/c1-16-5-2-9-20-22(16)24-15-26(23(20)28)14-21(27)25-18-7-3-6-17(13-18)10-11-19-8-4-12-29-19/h2-9,12-13,15H,14H2,1H3,(H,25,27). The van der Waals surface area contributed by atoms with Crippen molar-refractivity contribution in [2.75, 3.05) is 5.32 Å². The Morgan fingerprint density at radius 2 is 2.00 bits per heavy atom. The Labute approximate surface area is 171 Å². The van der Waals surface area contributed by atoms with Crippen molar-refractivity contribution < 1.29 is 4.79 Å². The number of anilines is 1. The maximum absolute atomic E-state index is 12.6. The van der Waals surface area contributed by atoms with E-state index in [-0.39, 0.29) is 18.0 Å². The quantitative estimate of drug-likeness (QED) is 0.533. The van der Waals surface area contributed by atoms with Gasteiger partial charge in [0.1, 0.15) is 6.54 Å². The van der Waals surface area contributed by atoms with Crippen LogP contribution in [0.2, 0.25) is 0 Å². The predicted molar refractivity (Wildman–Crippen MR) is 116 cm³/mol. The fraction of sp³-hybridized carbons (Fsp3) is 0.0870. The summed E-state index contributed by atoms with van der Waals surface area (Å²) in [5.74, 6) is 5.88. The monoisotopic (exact) mass is 399 g/mol. The number of fused-ring (bicyclic) bond motifs is 1. The van der Waals surface area contributed by atoms with Gasteiger partial charge in [-0.2, -0.15) is 0 Å². The second kappa shape index (κ2) is 8.13. The Morgan fingerprint density at radius 3 is 2.83 bits per heavy atom. The van der Waals surface area contributed by atoms with E-state index in [0.717, 1.165) is 16.0 Å². The van der Waals surface area contributed by atoms with Gasteiger partial charge in [0.05, 0.1) is 22.1 Å². The van der Waals surface area contributed by atoms with Crippen LogP contribution < -0.4 is 10.9 Å². The van der Waals surface area contributed by atoms with Gasteiger partial charge in [0.15, 0.2) is 0 Å². The Bertz CT molecular complexity index is 1310. The third kappa shape index (κ3) is 4.26. The first-order valence-corrected chi connectivity index (χ1v) is 9.88. The number of carbonyl (C=O) groups is 1. The maximum Gasteiger partial charge on any atom is 0.261 e. The number of thiophene rings is 1. The average Bonchev–Trinajstić information content (AvgIpc) is 3.23. The minimum atomic E-state index is -0.302. The summed E-state index contributed by atoms with van der Waals surface area (Å²) in [6.45, 7) is 1.79. The van der Waals surface area contributed by atoms with Crippen LogP contribution in [-0.2, 0) is 11.3 Å². The number of hydrogen-bond donors (Lipinski definition) is 1. The first kappa shape index (κ1) is 18.7. The molecule has 2 heterocycles. The fourth-order valence-electron chi connectivity index (χ4n) is 2.96. The first-order valence-electron chi connectivity index (χ1n) is 9.00. The first-order chi connectivity index (χ1) is 14.1. The zero-order valence-electron chi connectivity index (χ0n) is 15.7. The molecule has 0 unspecified atom stereocenters. The molecule has 5 nitrogen and oxygen atoms in total. The van der Waals surface area contributed by atoms with Crippen LogP contribution in [0.3, 0.4) is 0 Å². The van der Waals surface area contributed by atoms with Crippen LogP contribution in [0.1, 0.15) is 16.0 Å². The topological polar surface area (TPSA) is 64.0 Å². The van der Waals surface area contributed by atoms with Crippen LogP contribution >= 0.6 is 11.3 Å². The number of carbonyl (C=O) groups excluding carboxylic acids is 1. The van der Waals surface area contributed by atoms with Crippen LogP contribution in [0.25, 0.3) is 10.9 Å². The lowest BCUT2D eigenvalue weighted by Crippen LogP contribution is -2.28. The number of benzene rings is 2.